The van der Waals surface area contributed by atoms with Crippen LogP contribution in [0.15, 0.2) is 27.6 Å². The molecule has 0 aliphatic rings. The summed E-state index contributed by atoms with van der Waals surface area (Å²) in [6.07, 6.45) is 1.84. The molecule has 20 heavy (non-hydrogen) atoms. The Labute approximate surface area is 132 Å². The number of anilines is 1. The van der Waals surface area contributed by atoms with E-state index in [2.05, 4.69) is 68.5 Å². The van der Waals surface area contributed by atoms with Crippen LogP contribution in [0.2, 0.25) is 0 Å². The Kier molecular flexibility index (Phi) is 5.51. The molecule has 2 heterocycles. The molecule has 2 aromatic rings. The van der Waals surface area contributed by atoms with E-state index in [-0.39, 0.29) is 0 Å². The van der Waals surface area contributed by atoms with Crippen LogP contribution < -0.4 is 10.2 Å². The lowest BCUT2D eigenvalue weighted by molar-refractivity contribution is 0.587. The topological polar surface area (TPSA) is 41.1 Å². The zero-order chi connectivity index (χ0) is 14.5. The molecule has 108 valence electrons. The lowest BCUT2D eigenvalue weighted by atomic mass is 10.2. The van der Waals surface area contributed by atoms with E-state index >= 15 is 0 Å². The number of hydrogen-bond acceptors (Lipinski definition) is 5. The van der Waals surface area contributed by atoms with Crippen molar-refractivity contribution in [2.75, 3.05) is 11.9 Å². The van der Waals surface area contributed by atoms with Gasteiger partial charge in [0.05, 0.1) is 17.7 Å². The monoisotopic (exact) mass is 354 g/mol. The fraction of sp³-hybridized carbons (Fsp3) is 0.429. The molecule has 0 atom stereocenters. The van der Waals surface area contributed by atoms with Gasteiger partial charge in [0.2, 0.25) is 0 Å². The van der Waals surface area contributed by atoms with Crippen LogP contribution in [0.5, 0.6) is 0 Å². The third kappa shape index (κ3) is 4.26. The van der Waals surface area contributed by atoms with Crippen LogP contribution in [0.25, 0.3) is 0 Å². The average molecular weight is 355 g/mol. The van der Waals surface area contributed by atoms with E-state index in [4.69, 9.17) is 0 Å². The highest BCUT2D eigenvalue weighted by Gasteiger charge is 2.11. The number of rotatable bonds is 6. The van der Waals surface area contributed by atoms with Crippen LogP contribution in [0, 0.1) is 0 Å². The molecule has 1 N–H and O–H groups in total. The van der Waals surface area contributed by atoms with Crippen molar-refractivity contribution in [3.05, 3.63) is 38.9 Å². The molecule has 0 aliphatic carbocycles. The first-order chi connectivity index (χ1) is 9.56. The van der Waals surface area contributed by atoms with Gasteiger partial charge < -0.3 is 10.2 Å². The maximum absolute atomic E-state index is 4.55. The molecule has 2 rings (SSSR count). The summed E-state index contributed by atoms with van der Waals surface area (Å²) in [5, 5.41) is 5.51. The molecule has 0 unspecified atom stereocenters. The van der Waals surface area contributed by atoms with Gasteiger partial charge in [-0.1, -0.05) is 13.8 Å². The van der Waals surface area contributed by atoms with E-state index in [1.165, 1.54) is 5.56 Å². The molecule has 6 heteroatoms. The lowest BCUT2D eigenvalue weighted by Crippen LogP contribution is -2.25. The highest BCUT2D eigenvalue weighted by Crippen LogP contribution is 2.22. The smallest absolute Gasteiger partial charge is 0.133 e. The summed E-state index contributed by atoms with van der Waals surface area (Å²) in [4.78, 5) is 11.0. The standard InChI is InChI=1S/C14H19BrN4S/c1-10(2)16-5-11-4-12(15)6-17-14(11)19(3)7-13-8-20-9-18-13/h4,6,8-10,16H,5,7H2,1-3H3. The van der Waals surface area contributed by atoms with Gasteiger partial charge in [-0.05, 0) is 22.0 Å². The van der Waals surface area contributed by atoms with Crippen molar-refractivity contribution >= 4 is 33.1 Å². The Balaban J connectivity index is 2.16. The second kappa shape index (κ2) is 7.15. The number of halogens is 1. The second-order valence-electron chi connectivity index (χ2n) is 5.01. The minimum atomic E-state index is 0.450. The fourth-order valence-corrected chi connectivity index (χ4v) is 2.82. The van der Waals surface area contributed by atoms with Gasteiger partial charge in [-0.3, -0.25) is 0 Å². The van der Waals surface area contributed by atoms with E-state index in [1.54, 1.807) is 11.3 Å². The van der Waals surface area contributed by atoms with Gasteiger partial charge in [0.25, 0.3) is 0 Å². The van der Waals surface area contributed by atoms with Crippen LogP contribution in [0.1, 0.15) is 25.1 Å². The predicted octanol–water partition coefficient (Wildman–Crippen LogP) is 3.44. The van der Waals surface area contributed by atoms with E-state index in [0.717, 1.165) is 29.1 Å². The average Bonchev–Trinajstić information content (AvgIpc) is 2.89. The molecule has 4 nitrogen and oxygen atoms in total. The molecule has 0 aromatic carbocycles. The molecule has 0 spiro atoms. The molecule has 0 saturated carbocycles. The summed E-state index contributed by atoms with van der Waals surface area (Å²) >= 11 is 5.11. The highest BCUT2D eigenvalue weighted by atomic mass is 79.9. The molecule has 0 bridgehead atoms. The molecule has 0 aliphatic heterocycles. The summed E-state index contributed by atoms with van der Waals surface area (Å²) in [5.41, 5.74) is 4.12. The van der Waals surface area contributed by atoms with Crippen molar-refractivity contribution in [3.63, 3.8) is 0 Å². The largest absolute Gasteiger partial charge is 0.353 e. The minimum Gasteiger partial charge on any atom is -0.353 e. The lowest BCUT2D eigenvalue weighted by Gasteiger charge is -2.21. The van der Waals surface area contributed by atoms with Gasteiger partial charge in [0.15, 0.2) is 0 Å². The zero-order valence-electron chi connectivity index (χ0n) is 11.9. The van der Waals surface area contributed by atoms with Crippen LogP contribution in [-0.2, 0) is 13.1 Å². The van der Waals surface area contributed by atoms with Crippen LogP contribution in [-0.4, -0.2) is 23.1 Å². The summed E-state index contributed by atoms with van der Waals surface area (Å²) in [7, 11) is 2.05. The third-order valence-corrected chi connectivity index (χ3v) is 3.92. The first-order valence-corrected chi connectivity index (χ1v) is 8.26. The Hall–Kier alpha value is -0.980. The predicted molar refractivity (Wildman–Crippen MR) is 88.1 cm³/mol. The quantitative estimate of drug-likeness (QED) is 0.862. The van der Waals surface area contributed by atoms with Gasteiger partial charge in [-0.2, -0.15) is 0 Å². The first-order valence-electron chi connectivity index (χ1n) is 6.52. The molecular formula is C14H19BrN4S. The Morgan fingerprint density at radius 2 is 2.20 bits per heavy atom. The number of aromatic nitrogens is 2. The van der Waals surface area contributed by atoms with Gasteiger partial charge in [0, 0.05) is 41.2 Å². The first kappa shape index (κ1) is 15.4. The van der Waals surface area contributed by atoms with Crippen LogP contribution >= 0.6 is 27.3 Å². The van der Waals surface area contributed by atoms with E-state index in [1.807, 2.05) is 11.7 Å². The van der Waals surface area contributed by atoms with E-state index in [9.17, 15) is 0 Å². The summed E-state index contributed by atoms with van der Waals surface area (Å²) in [6, 6.07) is 2.57. The Morgan fingerprint density at radius 1 is 1.40 bits per heavy atom. The van der Waals surface area contributed by atoms with Crippen molar-refractivity contribution in [2.24, 2.45) is 0 Å². The number of thiazole rings is 1. The van der Waals surface area contributed by atoms with Crippen molar-refractivity contribution in [3.8, 4) is 0 Å². The Bertz CT molecular complexity index is 542. The van der Waals surface area contributed by atoms with Gasteiger partial charge in [-0.15, -0.1) is 11.3 Å². The van der Waals surface area contributed by atoms with Gasteiger partial charge >= 0.3 is 0 Å². The minimum absolute atomic E-state index is 0.450. The normalized spacial score (nSPS) is 11.1. The molecule has 0 radical (unpaired) electrons. The van der Waals surface area contributed by atoms with Crippen molar-refractivity contribution in [2.45, 2.75) is 33.0 Å². The third-order valence-electron chi connectivity index (χ3n) is 2.85. The molecule has 0 saturated heterocycles. The summed E-state index contributed by atoms with van der Waals surface area (Å²) < 4.78 is 1.00. The summed E-state index contributed by atoms with van der Waals surface area (Å²) in [5.74, 6) is 0.995. The molecule has 0 fully saturated rings. The number of hydrogen-bond donors (Lipinski definition) is 1. The van der Waals surface area contributed by atoms with Gasteiger partial charge in [0.1, 0.15) is 5.82 Å². The molecular weight excluding hydrogens is 336 g/mol. The Morgan fingerprint density at radius 3 is 2.85 bits per heavy atom. The number of nitrogens with one attached hydrogen (secondary N) is 1. The molecule has 0 amide bonds. The van der Waals surface area contributed by atoms with Gasteiger partial charge in [-0.25, -0.2) is 9.97 Å². The zero-order valence-corrected chi connectivity index (χ0v) is 14.3. The maximum Gasteiger partial charge on any atom is 0.133 e. The van der Waals surface area contributed by atoms with E-state index in [0.29, 0.717) is 6.04 Å². The van der Waals surface area contributed by atoms with Crippen LogP contribution in [0.4, 0.5) is 5.82 Å². The fourth-order valence-electron chi connectivity index (χ4n) is 1.90. The SMILES string of the molecule is CC(C)NCc1cc(Br)cnc1N(C)Cc1cscn1. The van der Waals surface area contributed by atoms with Crippen molar-refractivity contribution < 1.29 is 0 Å². The highest BCUT2D eigenvalue weighted by molar-refractivity contribution is 9.10. The number of pyridine rings is 1. The maximum atomic E-state index is 4.55. The number of nitrogens with zero attached hydrogens (tertiary/aromatic N) is 3. The molecule has 2 aromatic heterocycles. The van der Waals surface area contributed by atoms with Crippen molar-refractivity contribution in [1.29, 1.82) is 0 Å². The summed E-state index contributed by atoms with van der Waals surface area (Å²) in [6.45, 7) is 5.86. The van der Waals surface area contributed by atoms with Crippen LogP contribution in [0.3, 0.4) is 0 Å². The van der Waals surface area contributed by atoms with E-state index < -0.39 is 0 Å². The van der Waals surface area contributed by atoms with Crippen molar-refractivity contribution in [1.82, 2.24) is 15.3 Å². The second-order valence-corrected chi connectivity index (χ2v) is 6.64.